The van der Waals surface area contributed by atoms with Gasteiger partial charge in [-0.15, -0.1) is 0 Å². The van der Waals surface area contributed by atoms with Crippen LogP contribution in [0.5, 0.6) is 17.2 Å². The SMILES string of the molecule is COc1cc(-c2noc3c2C(=O)c2ccccc2C3=O)cc(OC)c1OC. The molecule has 1 heterocycles. The predicted molar refractivity (Wildman–Crippen MR) is 94.9 cm³/mol. The van der Waals surface area contributed by atoms with E-state index in [1.807, 2.05) is 0 Å². The zero-order valence-corrected chi connectivity index (χ0v) is 14.9. The molecule has 3 aromatic rings. The minimum absolute atomic E-state index is 0.0672. The maximum Gasteiger partial charge on any atom is 0.232 e. The molecule has 0 amide bonds. The van der Waals surface area contributed by atoms with Crippen molar-refractivity contribution in [2.45, 2.75) is 0 Å². The Labute approximate surface area is 154 Å². The van der Waals surface area contributed by atoms with Gasteiger partial charge in [0.15, 0.2) is 17.3 Å². The van der Waals surface area contributed by atoms with Crippen molar-refractivity contribution < 1.29 is 28.3 Å². The quantitative estimate of drug-likeness (QED) is 0.549. The summed E-state index contributed by atoms with van der Waals surface area (Å²) in [6.07, 6.45) is 0. The highest BCUT2D eigenvalue weighted by atomic mass is 16.5. The highest BCUT2D eigenvalue weighted by molar-refractivity contribution is 6.29. The molecule has 27 heavy (non-hydrogen) atoms. The lowest BCUT2D eigenvalue weighted by Gasteiger charge is -2.15. The first kappa shape index (κ1) is 16.8. The van der Waals surface area contributed by atoms with E-state index >= 15 is 0 Å². The molecule has 0 spiro atoms. The van der Waals surface area contributed by atoms with Crippen LogP contribution in [0.25, 0.3) is 11.3 Å². The lowest BCUT2D eigenvalue weighted by molar-refractivity contribution is 0.0955. The number of carbonyl (C=O) groups is 2. The fourth-order valence-electron chi connectivity index (χ4n) is 3.21. The first-order chi connectivity index (χ1) is 13.1. The van der Waals surface area contributed by atoms with E-state index in [2.05, 4.69) is 5.16 Å². The summed E-state index contributed by atoms with van der Waals surface area (Å²) in [5.41, 5.74) is 1.52. The Bertz CT molecular complexity index is 1060. The minimum atomic E-state index is -0.369. The Kier molecular flexibility index (Phi) is 3.92. The van der Waals surface area contributed by atoms with E-state index in [0.29, 0.717) is 33.9 Å². The van der Waals surface area contributed by atoms with E-state index in [1.54, 1.807) is 36.4 Å². The van der Waals surface area contributed by atoms with Crippen LogP contribution in [-0.4, -0.2) is 38.1 Å². The second kappa shape index (κ2) is 6.28. The summed E-state index contributed by atoms with van der Waals surface area (Å²) >= 11 is 0. The summed E-state index contributed by atoms with van der Waals surface area (Å²) in [6, 6.07) is 9.92. The molecule has 1 aromatic heterocycles. The fourth-order valence-corrected chi connectivity index (χ4v) is 3.21. The van der Waals surface area contributed by atoms with Crippen LogP contribution in [0.1, 0.15) is 32.0 Å². The molecule has 2 aromatic carbocycles. The Morgan fingerprint density at radius 3 is 2.00 bits per heavy atom. The fraction of sp³-hybridized carbons (Fsp3) is 0.150. The Hall–Kier alpha value is -3.61. The van der Waals surface area contributed by atoms with E-state index in [1.165, 1.54) is 21.3 Å². The number of benzene rings is 2. The van der Waals surface area contributed by atoms with Gasteiger partial charge in [0.2, 0.25) is 17.3 Å². The second-order valence-electron chi connectivity index (χ2n) is 5.85. The van der Waals surface area contributed by atoms with Crippen LogP contribution in [0.2, 0.25) is 0 Å². The van der Waals surface area contributed by atoms with E-state index in [0.717, 1.165) is 0 Å². The number of hydrogen-bond acceptors (Lipinski definition) is 7. The predicted octanol–water partition coefficient (Wildman–Crippen LogP) is 3.14. The smallest absolute Gasteiger partial charge is 0.232 e. The van der Waals surface area contributed by atoms with Crippen molar-refractivity contribution in [3.05, 3.63) is 58.8 Å². The molecule has 0 fully saturated rings. The first-order valence-corrected chi connectivity index (χ1v) is 8.09. The van der Waals surface area contributed by atoms with Crippen molar-refractivity contribution in [1.82, 2.24) is 5.16 Å². The normalized spacial score (nSPS) is 12.4. The Morgan fingerprint density at radius 1 is 0.852 bits per heavy atom. The molecule has 7 heteroatoms. The second-order valence-corrected chi connectivity index (χ2v) is 5.85. The Morgan fingerprint density at radius 2 is 1.44 bits per heavy atom. The van der Waals surface area contributed by atoms with Gasteiger partial charge in [-0.25, -0.2) is 0 Å². The number of carbonyl (C=O) groups excluding carboxylic acids is 2. The molecule has 0 unspecified atom stereocenters. The number of hydrogen-bond donors (Lipinski definition) is 0. The van der Waals surface area contributed by atoms with Crippen molar-refractivity contribution in [3.63, 3.8) is 0 Å². The van der Waals surface area contributed by atoms with Gasteiger partial charge in [-0.05, 0) is 12.1 Å². The first-order valence-electron chi connectivity index (χ1n) is 8.09. The van der Waals surface area contributed by atoms with Gasteiger partial charge in [-0.3, -0.25) is 9.59 Å². The highest BCUT2D eigenvalue weighted by Gasteiger charge is 2.37. The summed E-state index contributed by atoms with van der Waals surface area (Å²) < 4.78 is 21.3. The number of aromatic nitrogens is 1. The third-order valence-corrected chi connectivity index (χ3v) is 4.48. The van der Waals surface area contributed by atoms with Gasteiger partial charge in [0.1, 0.15) is 11.3 Å². The maximum absolute atomic E-state index is 13.0. The van der Waals surface area contributed by atoms with Crippen molar-refractivity contribution in [3.8, 4) is 28.5 Å². The van der Waals surface area contributed by atoms with E-state index in [9.17, 15) is 9.59 Å². The van der Waals surface area contributed by atoms with Crippen LogP contribution < -0.4 is 14.2 Å². The van der Waals surface area contributed by atoms with Gasteiger partial charge < -0.3 is 18.7 Å². The lowest BCUT2D eigenvalue weighted by atomic mass is 9.86. The van der Waals surface area contributed by atoms with Crippen LogP contribution in [0, 0.1) is 0 Å². The van der Waals surface area contributed by atoms with Crippen molar-refractivity contribution in [1.29, 1.82) is 0 Å². The minimum Gasteiger partial charge on any atom is -0.493 e. The van der Waals surface area contributed by atoms with Gasteiger partial charge in [0.25, 0.3) is 0 Å². The van der Waals surface area contributed by atoms with Crippen molar-refractivity contribution in [2.75, 3.05) is 21.3 Å². The summed E-state index contributed by atoms with van der Waals surface area (Å²) in [5, 5.41) is 3.99. The summed E-state index contributed by atoms with van der Waals surface area (Å²) in [7, 11) is 4.48. The summed E-state index contributed by atoms with van der Waals surface area (Å²) in [5.74, 6) is 0.463. The van der Waals surface area contributed by atoms with E-state index in [-0.39, 0.29) is 28.6 Å². The summed E-state index contributed by atoms with van der Waals surface area (Å²) in [6.45, 7) is 0. The average Bonchev–Trinajstić information content (AvgIpc) is 3.16. The number of nitrogens with zero attached hydrogens (tertiary/aromatic N) is 1. The van der Waals surface area contributed by atoms with Crippen LogP contribution in [0.15, 0.2) is 40.9 Å². The Balaban J connectivity index is 1.93. The highest BCUT2D eigenvalue weighted by Crippen LogP contribution is 2.43. The largest absolute Gasteiger partial charge is 0.493 e. The zero-order chi connectivity index (χ0) is 19.1. The van der Waals surface area contributed by atoms with Crippen LogP contribution in [0.4, 0.5) is 0 Å². The van der Waals surface area contributed by atoms with E-state index < -0.39 is 0 Å². The molecular weight excluding hydrogens is 350 g/mol. The number of fused-ring (bicyclic) bond motifs is 2. The van der Waals surface area contributed by atoms with Gasteiger partial charge >= 0.3 is 0 Å². The molecule has 1 aliphatic rings. The molecule has 1 aliphatic carbocycles. The summed E-state index contributed by atoms with van der Waals surface area (Å²) in [4.78, 5) is 25.7. The molecule has 0 aliphatic heterocycles. The molecule has 0 N–H and O–H groups in total. The number of ketones is 2. The molecule has 0 saturated carbocycles. The molecule has 7 nitrogen and oxygen atoms in total. The zero-order valence-electron chi connectivity index (χ0n) is 14.9. The van der Waals surface area contributed by atoms with Gasteiger partial charge in [-0.1, -0.05) is 29.4 Å². The third kappa shape index (κ3) is 2.39. The van der Waals surface area contributed by atoms with Gasteiger partial charge in [0, 0.05) is 16.7 Å². The molecule has 4 rings (SSSR count). The number of methoxy groups -OCH3 is 3. The molecular formula is C20H15NO6. The lowest BCUT2D eigenvalue weighted by Crippen LogP contribution is -2.19. The number of rotatable bonds is 4. The number of ether oxygens (including phenoxy) is 3. The van der Waals surface area contributed by atoms with Crippen molar-refractivity contribution >= 4 is 11.6 Å². The molecule has 136 valence electrons. The van der Waals surface area contributed by atoms with Gasteiger partial charge in [0.05, 0.1) is 21.3 Å². The molecule has 0 bridgehead atoms. The standard InChI is InChI=1S/C20H15NO6/c1-24-13-8-10(9-14(25-2)19(13)26-3)16-15-17(22)11-6-4-5-7-12(11)18(23)20(15)27-21-16/h4-9H,1-3H3. The van der Waals surface area contributed by atoms with Crippen LogP contribution >= 0.6 is 0 Å². The molecule has 0 atom stereocenters. The van der Waals surface area contributed by atoms with Crippen LogP contribution in [0.3, 0.4) is 0 Å². The van der Waals surface area contributed by atoms with Crippen molar-refractivity contribution in [2.24, 2.45) is 0 Å². The third-order valence-electron chi connectivity index (χ3n) is 4.48. The maximum atomic E-state index is 13.0. The monoisotopic (exact) mass is 365 g/mol. The molecule has 0 radical (unpaired) electrons. The van der Waals surface area contributed by atoms with E-state index in [4.69, 9.17) is 18.7 Å². The van der Waals surface area contributed by atoms with Crippen LogP contribution in [-0.2, 0) is 0 Å². The average molecular weight is 365 g/mol. The van der Waals surface area contributed by atoms with Gasteiger partial charge in [-0.2, -0.15) is 0 Å². The molecule has 0 saturated heterocycles. The topological polar surface area (TPSA) is 87.9 Å².